The van der Waals surface area contributed by atoms with E-state index in [2.05, 4.69) is 6.58 Å². The van der Waals surface area contributed by atoms with Gasteiger partial charge < -0.3 is 20.1 Å². The van der Waals surface area contributed by atoms with Crippen molar-refractivity contribution >= 4 is 5.97 Å². The monoisotopic (exact) mass is 220 g/mol. The average molecular weight is 220 g/mol. The molecular formula is C10H20O5. The van der Waals surface area contributed by atoms with Crippen LogP contribution in [-0.2, 0) is 9.53 Å². The second kappa shape index (κ2) is 13.1. The number of carbonyl (C=O) groups is 1. The zero-order valence-corrected chi connectivity index (χ0v) is 9.11. The van der Waals surface area contributed by atoms with Crippen LogP contribution in [-0.4, -0.2) is 47.7 Å². The molecule has 0 aliphatic heterocycles. The normalized spacial score (nSPS) is 8.80. The SMILES string of the molecule is C=C(C)C(=O)OCCCCO.OCCO. The summed E-state index contributed by atoms with van der Waals surface area (Å²) >= 11 is 0. The summed E-state index contributed by atoms with van der Waals surface area (Å²) in [4.78, 5) is 10.7. The van der Waals surface area contributed by atoms with Gasteiger partial charge in [-0.05, 0) is 19.8 Å². The Morgan fingerprint density at radius 2 is 1.67 bits per heavy atom. The van der Waals surface area contributed by atoms with E-state index in [1.807, 2.05) is 0 Å². The van der Waals surface area contributed by atoms with Crippen LogP contribution < -0.4 is 0 Å². The number of ether oxygens (including phenoxy) is 1. The van der Waals surface area contributed by atoms with E-state index in [4.69, 9.17) is 20.1 Å². The maximum atomic E-state index is 10.7. The van der Waals surface area contributed by atoms with Crippen molar-refractivity contribution in [2.75, 3.05) is 26.4 Å². The predicted octanol–water partition coefficient (Wildman–Crippen LogP) is -0.151. The molecule has 0 rings (SSSR count). The molecule has 0 amide bonds. The third kappa shape index (κ3) is 15.8. The Morgan fingerprint density at radius 3 is 2.00 bits per heavy atom. The van der Waals surface area contributed by atoms with Gasteiger partial charge in [-0.2, -0.15) is 0 Å². The summed E-state index contributed by atoms with van der Waals surface area (Å²) in [6.45, 7) is 5.30. The highest BCUT2D eigenvalue weighted by atomic mass is 16.5. The molecule has 0 atom stereocenters. The summed E-state index contributed by atoms with van der Waals surface area (Å²) in [7, 11) is 0. The van der Waals surface area contributed by atoms with Crippen LogP contribution >= 0.6 is 0 Å². The molecule has 0 bridgehead atoms. The van der Waals surface area contributed by atoms with Gasteiger partial charge in [0, 0.05) is 12.2 Å². The van der Waals surface area contributed by atoms with Crippen molar-refractivity contribution in [2.24, 2.45) is 0 Å². The summed E-state index contributed by atoms with van der Waals surface area (Å²) in [5.74, 6) is -0.358. The summed E-state index contributed by atoms with van der Waals surface area (Å²) in [6.07, 6.45) is 1.37. The molecule has 5 heteroatoms. The van der Waals surface area contributed by atoms with E-state index < -0.39 is 0 Å². The first-order chi connectivity index (χ1) is 7.09. The van der Waals surface area contributed by atoms with Gasteiger partial charge in [0.25, 0.3) is 0 Å². The molecule has 0 aromatic heterocycles. The van der Waals surface area contributed by atoms with E-state index in [1.165, 1.54) is 0 Å². The Balaban J connectivity index is 0. The molecule has 0 saturated carbocycles. The molecule has 0 unspecified atom stereocenters. The largest absolute Gasteiger partial charge is 0.462 e. The molecule has 15 heavy (non-hydrogen) atoms. The summed E-state index contributed by atoms with van der Waals surface area (Å²) < 4.78 is 4.76. The number of hydrogen-bond donors (Lipinski definition) is 3. The topological polar surface area (TPSA) is 87.0 Å². The molecule has 0 fully saturated rings. The van der Waals surface area contributed by atoms with Gasteiger partial charge in [0.2, 0.25) is 0 Å². The fraction of sp³-hybridized carbons (Fsp3) is 0.700. The molecule has 0 aliphatic rings. The first-order valence-corrected chi connectivity index (χ1v) is 4.75. The van der Waals surface area contributed by atoms with Crippen molar-refractivity contribution in [3.63, 3.8) is 0 Å². The molecule has 0 heterocycles. The molecular weight excluding hydrogens is 200 g/mol. The number of unbranched alkanes of at least 4 members (excludes halogenated alkanes) is 1. The number of aliphatic hydroxyl groups excluding tert-OH is 3. The third-order valence-corrected chi connectivity index (χ3v) is 1.23. The van der Waals surface area contributed by atoms with Crippen molar-refractivity contribution in [2.45, 2.75) is 19.8 Å². The fourth-order valence-electron chi connectivity index (χ4n) is 0.502. The minimum Gasteiger partial charge on any atom is -0.462 e. The maximum absolute atomic E-state index is 10.7. The van der Waals surface area contributed by atoms with E-state index in [0.29, 0.717) is 25.0 Å². The van der Waals surface area contributed by atoms with E-state index in [1.54, 1.807) is 6.92 Å². The lowest BCUT2D eigenvalue weighted by atomic mass is 10.3. The highest BCUT2D eigenvalue weighted by molar-refractivity contribution is 5.86. The van der Waals surface area contributed by atoms with Crippen LogP contribution in [0.25, 0.3) is 0 Å². The Hall–Kier alpha value is -0.910. The molecule has 0 aromatic carbocycles. The van der Waals surface area contributed by atoms with Crippen molar-refractivity contribution in [1.29, 1.82) is 0 Å². The molecule has 90 valence electrons. The molecule has 0 radical (unpaired) electrons. The van der Waals surface area contributed by atoms with Crippen molar-refractivity contribution in [3.8, 4) is 0 Å². The van der Waals surface area contributed by atoms with Crippen LogP contribution in [0.1, 0.15) is 19.8 Å². The van der Waals surface area contributed by atoms with Crippen LogP contribution in [0.15, 0.2) is 12.2 Å². The standard InChI is InChI=1S/C8H14O3.C2H6O2/c1-7(2)8(10)11-6-4-3-5-9;3-1-2-4/h9H,1,3-6H2,2H3;3-4H,1-2H2. The van der Waals surface area contributed by atoms with E-state index >= 15 is 0 Å². The van der Waals surface area contributed by atoms with E-state index in [0.717, 1.165) is 0 Å². The number of rotatable bonds is 6. The van der Waals surface area contributed by atoms with Crippen LogP contribution in [0, 0.1) is 0 Å². The number of carbonyl (C=O) groups excluding carboxylic acids is 1. The van der Waals surface area contributed by atoms with Crippen molar-refractivity contribution in [3.05, 3.63) is 12.2 Å². The van der Waals surface area contributed by atoms with E-state index in [9.17, 15) is 4.79 Å². The van der Waals surface area contributed by atoms with Crippen molar-refractivity contribution < 1.29 is 24.9 Å². The van der Waals surface area contributed by atoms with Gasteiger partial charge >= 0.3 is 5.97 Å². The zero-order chi connectivity index (χ0) is 12.1. The first-order valence-electron chi connectivity index (χ1n) is 4.75. The average Bonchev–Trinajstić information content (AvgIpc) is 2.24. The third-order valence-electron chi connectivity index (χ3n) is 1.23. The Morgan fingerprint density at radius 1 is 1.13 bits per heavy atom. The fourth-order valence-corrected chi connectivity index (χ4v) is 0.502. The van der Waals surface area contributed by atoms with Gasteiger partial charge in [0.15, 0.2) is 0 Å². The van der Waals surface area contributed by atoms with E-state index in [-0.39, 0.29) is 25.8 Å². The highest BCUT2D eigenvalue weighted by Gasteiger charge is 2.00. The second-order valence-electron chi connectivity index (χ2n) is 2.79. The minimum atomic E-state index is -0.358. The maximum Gasteiger partial charge on any atom is 0.333 e. The highest BCUT2D eigenvalue weighted by Crippen LogP contribution is 1.94. The van der Waals surface area contributed by atoms with Gasteiger partial charge in [-0.15, -0.1) is 0 Å². The molecule has 0 saturated heterocycles. The van der Waals surface area contributed by atoms with Crippen LogP contribution in [0.2, 0.25) is 0 Å². The lowest BCUT2D eigenvalue weighted by Gasteiger charge is -2.01. The van der Waals surface area contributed by atoms with Crippen molar-refractivity contribution in [1.82, 2.24) is 0 Å². The van der Waals surface area contributed by atoms with Gasteiger partial charge in [-0.3, -0.25) is 0 Å². The lowest BCUT2D eigenvalue weighted by Crippen LogP contribution is -2.06. The molecule has 5 nitrogen and oxygen atoms in total. The lowest BCUT2D eigenvalue weighted by molar-refractivity contribution is -0.139. The molecule has 0 spiro atoms. The predicted molar refractivity (Wildman–Crippen MR) is 56.3 cm³/mol. The molecule has 3 N–H and O–H groups in total. The van der Waals surface area contributed by atoms with Gasteiger partial charge in [0.05, 0.1) is 19.8 Å². The number of esters is 1. The Bertz CT molecular complexity index is 165. The summed E-state index contributed by atoms with van der Waals surface area (Å²) in [5, 5.41) is 23.6. The Labute approximate surface area is 90.0 Å². The second-order valence-corrected chi connectivity index (χ2v) is 2.79. The smallest absolute Gasteiger partial charge is 0.333 e. The minimum absolute atomic E-state index is 0.125. The van der Waals surface area contributed by atoms with Gasteiger partial charge in [-0.25, -0.2) is 4.79 Å². The molecule has 0 aliphatic carbocycles. The Kier molecular flexibility index (Phi) is 14.4. The van der Waals surface area contributed by atoms with Crippen LogP contribution in [0.3, 0.4) is 0 Å². The summed E-state index contributed by atoms with van der Waals surface area (Å²) in [6, 6.07) is 0. The van der Waals surface area contributed by atoms with Gasteiger partial charge in [0.1, 0.15) is 0 Å². The first kappa shape index (κ1) is 16.5. The quantitative estimate of drug-likeness (QED) is 0.329. The summed E-state index contributed by atoms with van der Waals surface area (Å²) in [5.41, 5.74) is 0.411. The zero-order valence-electron chi connectivity index (χ0n) is 9.11. The number of aliphatic hydroxyl groups is 3. The van der Waals surface area contributed by atoms with Crippen LogP contribution in [0.4, 0.5) is 0 Å². The van der Waals surface area contributed by atoms with Crippen LogP contribution in [0.5, 0.6) is 0 Å². The van der Waals surface area contributed by atoms with Gasteiger partial charge in [-0.1, -0.05) is 6.58 Å². The number of hydrogen-bond acceptors (Lipinski definition) is 5. The molecule has 0 aromatic rings.